The van der Waals surface area contributed by atoms with Gasteiger partial charge in [0.25, 0.3) is 0 Å². The molecule has 0 aliphatic carbocycles. The highest BCUT2D eigenvalue weighted by Crippen LogP contribution is 2.19. The number of hydrogen-bond donors (Lipinski definition) is 0. The lowest BCUT2D eigenvalue weighted by atomic mass is 10.0. The van der Waals surface area contributed by atoms with E-state index in [1.54, 1.807) is 0 Å². The Labute approximate surface area is 475 Å². The van der Waals surface area contributed by atoms with Gasteiger partial charge in [0, 0.05) is 19.3 Å². The highest BCUT2D eigenvalue weighted by atomic mass is 16.6. The van der Waals surface area contributed by atoms with Crippen molar-refractivity contribution >= 4 is 17.9 Å². The number of allylic oxidation sites excluding steroid dienone is 2. The summed E-state index contributed by atoms with van der Waals surface area (Å²) >= 11 is 0. The second-order valence-electron chi connectivity index (χ2n) is 23.8. The number of unbranched alkanes of at least 4 members (excludes halogenated alkanes) is 52. The van der Waals surface area contributed by atoms with Gasteiger partial charge in [-0.15, -0.1) is 0 Å². The minimum absolute atomic E-state index is 0.0657. The first kappa shape index (κ1) is 74.2. The fourth-order valence-electron chi connectivity index (χ4n) is 10.8. The topological polar surface area (TPSA) is 78.9 Å². The molecule has 0 aromatic carbocycles. The summed E-state index contributed by atoms with van der Waals surface area (Å²) in [6, 6.07) is 0. The van der Waals surface area contributed by atoms with Crippen LogP contribution >= 0.6 is 0 Å². The van der Waals surface area contributed by atoms with Crippen LogP contribution in [0.25, 0.3) is 0 Å². The Bertz CT molecular complexity index is 1180. The van der Waals surface area contributed by atoms with Gasteiger partial charge in [-0.3, -0.25) is 14.4 Å². The Hall–Kier alpha value is -1.85. The van der Waals surface area contributed by atoms with Gasteiger partial charge < -0.3 is 14.2 Å². The summed E-state index contributed by atoms with van der Waals surface area (Å²) in [7, 11) is 0. The Morgan fingerprint density at radius 3 is 0.658 bits per heavy atom. The van der Waals surface area contributed by atoms with Crippen LogP contribution in [-0.2, 0) is 28.6 Å². The summed E-state index contributed by atoms with van der Waals surface area (Å²) in [6.45, 7) is 6.71. The van der Waals surface area contributed by atoms with Crippen LogP contribution in [0.1, 0.15) is 400 Å². The average Bonchev–Trinajstić information content (AvgIpc) is 3.42. The number of carbonyl (C=O) groups excluding carboxylic acids is 3. The Kier molecular flexibility index (Phi) is 64.1. The van der Waals surface area contributed by atoms with Gasteiger partial charge in [0.05, 0.1) is 0 Å². The van der Waals surface area contributed by atoms with Crippen LogP contribution in [0.15, 0.2) is 12.2 Å². The van der Waals surface area contributed by atoms with Crippen LogP contribution < -0.4 is 0 Å². The summed E-state index contributed by atoms with van der Waals surface area (Å²) in [5, 5.41) is 0. The van der Waals surface area contributed by atoms with Crippen molar-refractivity contribution in [3.8, 4) is 0 Å². The van der Waals surface area contributed by atoms with E-state index in [-0.39, 0.29) is 31.1 Å². The molecule has 0 rings (SSSR count). The zero-order valence-electron chi connectivity index (χ0n) is 51.8. The molecule has 0 fully saturated rings. The fourth-order valence-corrected chi connectivity index (χ4v) is 10.8. The van der Waals surface area contributed by atoms with Crippen LogP contribution in [0, 0.1) is 0 Å². The molecule has 6 heteroatoms. The first-order valence-electron chi connectivity index (χ1n) is 34.7. The third kappa shape index (κ3) is 63.0. The minimum Gasteiger partial charge on any atom is -0.462 e. The average molecular weight is 1070 g/mol. The molecule has 0 heterocycles. The van der Waals surface area contributed by atoms with Crippen molar-refractivity contribution in [3.63, 3.8) is 0 Å². The van der Waals surface area contributed by atoms with Gasteiger partial charge in [0.2, 0.25) is 0 Å². The molecule has 1 unspecified atom stereocenters. The Morgan fingerprint density at radius 2 is 0.434 bits per heavy atom. The van der Waals surface area contributed by atoms with Crippen molar-refractivity contribution in [1.82, 2.24) is 0 Å². The highest BCUT2D eigenvalue weighted by molar-refractivity contribution is 5.71. The maximum atomic E-state index is 12.9. The molecule has 0 spiro atoms. The van der Waals surface area contributed by atoms with E-state index in [1.807, 2.05) is 0 Å². The van der Waals surface area contributed by atoms with E-state index in [4.69, 9.17) is 14.2 Å². The van der Waals surface area contributed by atoms with Gasteiger partial charge in [-0.1, -0.05) is 348 Å². The molecule has 0 saturated carbocycles. The molecule has 1 atom stereocenters. The Balaban J connectivity index is 4.22. The van der Waals surface area contributed by atoms with Gasteiger partial charge in [0.1, 0.15) is 13.2 Å². The van der Waals surface area contributed by atoms with Crippen molar-refractivity contribution in [2.75, 3.05) is 13.2 Å². The zero-order valence-corrected chi connectivity index (χ0v) is 51.8. The molecule has 0 aliphatic heterocycles. The van der Waals surface area contributed by atoms with Gasteiger partial charge in [-0.2, -0.15) is 0 Å². The molecule has 0 radical (unpaired) electrons. The third-order valence-electron chi connectivity index (χ3n) is 16.0. The van der Waals surface area contributed by atoms with Crippen LogP contribution in [0.4, 0.5) is 0 Å². The molecule has 0 aliphatic rings. The maximum Gasteiger partial charge on any atom is 0.306 e. The summed E-state index contributed by atoms with van der Waals surface area (Å²) in [4.78, 5) is 38.4. The maximum absolute atomic E-state index is 12.9. The predicted octanol–water partition coefficient (Wildman–Crippen LogP) is 23.6. The summed E-state index contributed by atoms with van der Waals surface area (Å²) in [6.07, 6.45) is 78.1. The van der Waals surface area contributed by atoms with Crippen LogP contribution in [0.3, 0.4) is 0 Å². The molecule has 0 N–H and O–H groups in total. The van der Waals surface area contributed by atoms with E-state index >= 15 is 0 Å². The van der Waals surface area contributed by atoms with E-state index in [0.717, 1.165) is 64.2 Å². The van der Waals surface area contributed by atoms with Crippen LogP contribution in [0.5, 0.6) is 0 Å². The molecule has 0 aromatic rings. The van der Waals surface area contributed by atoms with Crippen LogP contribution in [0.2, 0.25) is 0 Å². The van der Waals surface area contributed by atoms with E-state index in [9.17, 15) is 14.4 Å². The molecule has 450 valence electrons. The van der Waals surface area contributed by atoms with Crippen molar-refractivity contribution in [3.05, 3.63) is 12.2 Å². The predicted molar refractivity (Wildman–Crippen MR) is 330 cm³/mol. The molecule has 6 nitrogen and oxygen atoms in total. The van der Waals surface area contributed by atoms with Crippen molar-refractivity contribution in [2.24, 2.45) is 0 Å². The van der Waals surface area contributed by atoms with Crippen molar-refractivity contribution < 1.29 is 28.6 Å². The van der Waals surface area contributed by atoms with Gasteiger partial charge in [0.15, 0.2) is 6.10 Å². The smallest absolute Gasteiger partial charge is 0.306 e. The van der Waals surface area contributed by atoms with E-state index in [1.165, 1.54) is 295 Å². The molecule has 0 bridgehead atoms. The van der Waals surface area contributed by atoms with Crippen molar-refractivity contribution in [1.29, 1.82) is 0 Å². The standard InChI is InChI=1S/C70H134O6/c1-4-7-10-13-16-19-22-25-28-30-32-33-34-35-36-37-39-40-42-45-48-51-54-57-60-63-69(72)75-66-67(65-74-68(71)62-59-56-53-50-47-44-27-24-21-18-15-12-9-6-3)76-70(73)64-61-58-55-52-49-46-43-41-38-31-29-26-23-20-17-14-11-8-5-2/h24,27,67H,4-23,25-26,28-66H2,1-3H3/b27-24-. The quantitative estimate of drug-likeness (QED) is 0.0261. The molecule has 0 amide bonds. The molecule has 76 heavy (non-hydrogen) atoms. The van der Waals surface area contributed by atoms with Crippen molar-refractivity contribution in [2.45, 2.75) is 406 Å². The molecule has 0 aromatic heterocycles. The lowest BCUT2D eigenvalue weighted by Gasteiger charge is -2.18. The Morgan fingerprint density at radius 1 is 0.250 bits per heavy atom. The van der Waals surface area contributed by atoms with Gasteiger partial charge in [-0.25, -0.2) is 0 Å². The second-order valence-corrected chi connectivity index (χ2v) is 23.8. The van der Waals surface area contributed by atoms with E-state index in [2.05, 4.69) is 32.9 Å². The number of carbonyl (C=O) groups is 3. The summed E-state index contributed by atoms with van der Waals surface area (Å²) < 4.78 is 17.0. The first-order valence-corrected chi connectivity index (χ1v) is 34.7. The zero-order chi connectivity index (χ0) is 55.0. The molecular weight excluding hydrogens is 937 g/mol. The number of hydrogen-bond acceptors (Lipinski definition) is 6. The first-order chi connectivity index (χ1) is 37.5. The van der Waals surface area contributed by atoms with Gasteiger partial charge >= 0.3 is 17.9 Å². The molecule has 0 saturated heterocycles. The lowest BCUT2D eigenvalue weighted by Crippen LogP contribution is -2.30. The third-order valence-corrected chi connectivity index (χ3v) is 16.0. The normalized spacial score (nSPS) is 12.0. The minimum atomic E-state index is -0.769. The fraction of sp³-hybridized carbons (Fsp3) is 0.929. The lowest BCUT2D eigenvalue weighted by molar-refractivity contribution is -0.167. The highest BCUT2D eigenvalue weighted by Gasteiger charge is 2.19. The largest absolute Gasteiger partial charge is 0.462 e. The summed E-state index contributed by atoms with van der Waals surface area (Å²) in [5.74, 6) is -0.840. The van der Waals surface area contributed by atoms with Gasteiger partial charge in [-0.05, 0) is 44.9 Å². The monoisotopic (exact) mass is 1070 g/mol. The van der Waals surface area contributed by atoms with E-state index < -0.39 is 6.10 Å². The van der Waals surface area contributed by atoms with Crippen LogP contribution in [-0.4, -0.2) is 37.2 Å². The number of esters is 3. The molecular formula is C70H134O6. The summed E-state index contributed by atoms with van der Waals surface area (Å²) in [5.41, 5.74) is 0. The number of ether oxygens (including phenoxy) is 3. The van der Waals surface area contributed by atoms with E-state index in [0.29, 0.717) is 19.3 Å². The SMILES string of the molecule is CCCCCCC/C=C\CCCCCCCC(=O)OCC(COC(=O)CCCCCCCCCCCCCCCCCCCCCCCCCCC)OC(=O)CCCCCCCCCCCCCCCCCCCCC. The number of rotatable bonds is 65. The second kappa shape index (κ2) is 65.7.